The smallest absolute Gasteiger partial charge is 0.0992 e. The van der Waals surface area contributed by atoms with Crippen LogP contribution in [0.5, 0.6) is 0 Å². The molecule has 0 bridgehead atoms. The van der Waals surface area contributed by atoms with Gasteiger partial charge in [0, 0.05) is 6.54 Å². The minimum Gasteiger partial charge on any atom is -0.380 e. The second kappa shape index (κ2) is 6.20. The first-order valence-corrected chi connectivity index (χ1v) is 7.31. The van der Waals surface area contributed by atoms with Gasteiger partial charge in [0.25, 0.3) is 0 Å². The van der Waals surface area contributed by atoms with Crippen molar-refractivity contribution >= 4 is 17.3 Å². The Bertz CT molecular complexity index is 661. The zero-order valence-electron chi connectivity index (χ0n) is 12.6. The first kappa shape index (κ1) is 15.4. The highest BCUT2D eigenvalue weighted by Crippen LogP contribution is 2.25. The number of hydrogen-bond donors (Lipinski definition) is 1. The Morgan fingerprint density at radius 1 is 1.10 bits per heavy atom. The average molecular weight is 299 g/mol. The van der Waals surface area contributed by atoms with Gasteiger partial charge in [-0.2, -0.15) is 5.26 Å². The molecule has 0 radical (unpaired) electrons. The fourth-order valence-corrected chi connectivity index (χ4v) is 2.23. The van der Waals surface area contributed by atoms with Gasteiger partial charge in [-0.15, -0.1) is 0 Å². The van der Waals surface area contributed by atoms with Crippen molar-refractivity contribution in [3.63, 3.8) is 0 Å². The van der Waals surface area contributed by atoms with Crippen LogP contribution in [-0.2, 0) is 12.0 Å². The fraction of sp³-hybridized carbons (Fsp3) is 0.278. The number of nitrogens with zero attached hydrogens (tertiary/aromatic N) is 1. The van der Waals surface area contributed by atoms with Crippen LogP contribution in [0.4, 0.5) is 5.69 Å². The van der Waals surface area contributed by atoms with E-state index in [1.54, 1.807) is 18.2 Å². The molecule has 0 aromatic heterocycles. The van der Waals surface area contributed by atoms with Crippen LogP contribution in [0.15, 0.2) is 42.5 Å². The van der Waals surface area contributed by atoms with Gasteiger partial charge in [-0.1, -0.05) is 56.6 Å². The van der Waals surface area contributed by atoms with Gasteiger partial charge >= 0.3 is 0 Å². The van der Waals surface area contributed by atoms with Crippen LogP contribution < -0.4 is 5.32 Å². The predicted molar refractivity (Wildman–Crippen MR) is 88.6 cm³/mol. The third-order valence-corrected chi connectivity index (χ3v) is 3.73. The Morgan fingerprint density at radius 2 is 1.76 bits per heavy atom. The van der Waals surface area contributed by atoms with Gasteiger partial charge in [0.2, 0.25) is 0 Å². The predicted octanol–water partition coefficient (Wildman–Crippen LogP) is 5.12. The minimum absolute atomic E-state index is 0.163. The van der Waals surface area contributed by atoms with Gasteiger partial charge in [0.15, 0.2) is 0 Å². The molecule has 3 heteroatoms. The maximum Gasteiger partial charge on any atom is 0.0992 e. The van der Waals surface area contributed by atoms with E-state index in [1.165, 1.54) is 11.1 Å². The fourth-order valence-electron chi connectivity index (χ4n) is 2.05. The molecule has 0 saturated carbocycles. The highest BCUT2D eigenvalue weighted by Gasteiger charge is 2.12. The van der Waals surface area contributed by atoms with Crippen molar-refractivity contribution in [3.8, 4) is 6.07 Å². The number of halogens is 1. The lowest BCUT2D eigenvalue weighted by Gasteiger charge is -2.19. The summed E-state index contributed by atoms with van der Waals surface area (Å²) in [5, 5.41) is 12.8. The molecule has 108 valence electrons. The molecule has 0 unspecified atom stereocenters. The molecule has 0 aliphatic heterocycles. The molecule has 2 rings (SSSR count). The van der Waals surface area contributed by atoms with E-state index in [-0.39, 0.29) is 5.41 Å². The SMILES string of the molecule is CC(C)(C)c1ccc(CNc2cc(C#N)ccc2Cl)cc1. The maximum atomic E-state index is 8.92. The first-order chi connectivity index (χ1) is 9.90. The molecule has 21 heavy (non-hydrogen) atoms. The van der Waals surface area contributed by atoms with Crippen LogP contribution in [0, 0.1) is 11.3 Å². The van der Waals surface area contributed by atoms with E-state index in [0.717, 1.165) is 5.69 Å². The van der Waals surface area contributed by atoms with Crippen LogP contribution in [0.2, 0.25) is 5.02 Å². The van der Waals surface area contributed by atoms with Crippen molar-refractivity contribution in [3.05, 3.63) is 64.2 Å². The summed E-state index contributed by atoms with van der Waals surface area (Å²) in [5.41, 5.74) is 4.05. The van der Waals surface area contributed by atoms with Gasteiger partial charge in [-0.25, -0.2) is 0 Å². The molecular formula is C18H19ClN2. The summed E-state index contributed by atoms with van der Waals surface area (Å²) in [4.78, 5) is 0. The van der Waals surface area contributed by atoms with Gasteiger partial charge < -0.3 is 5.32 Å². The summed E-state index contributed by atoms with van der Waals surface area (Å²) >= 11 is 6.13. The molecular weight excluding hydrogens is 280 g/mol. The van der Waals surface area contributed by atoms with Crippen LogP contribution in [0.3, 0.4) is 0 Å². The molecule has 0 aliphatic rings. The largest absolute Gasteiger partial charge is 0.380 e. The molecule has 2 nitrogen and oxygen atoms in total. The Hall–Kier alpha value is -1.98. The number of anilines is 1. The van der Waals surface area contributed by atoms with Crippen molar-refractivity contribution in [1.29, 1.82) is 5.26 Å². The van der Waals surface area contributed by atoms with E-state index < -0.39 is 0 Å². The number of benzene rings is 2. The Labute approximate surface area is 131 Å². The molecule has 0 saturated heterocycles. The van der Waals surface area contributed by atoms with Crippen LogP contribution in [0.25, 0.3) is 0 Å². The Morgan fingerprint density at radius 3 is 2.33 bits per heavy atom. The lowest BCUT2D eigenvalue weighted by Crippen LogP contribution is -2.11. The Balaban J connectivity index is 2.08. The second-order valence-corrected chi connectivity index (χ2v) is 6.51. The normalized spacial score (nSPS) is 11.0. The van der Waals surface area contributed by atoms with Gasteiger partial charge in [-0.3, -0.25) is 0 Å². The molecule has 0 fully saturated rings. The molecule has 2 aromatic carbocycles. The lowest BCUT2D eigenvalue weighted by atomic mass is 9.87. The van der Waals surface area contributed by atoms with Gasteiger partial charge in [0.05, 0.1) is 22.3 Å². The van der Waals surface area contributed by atoms with E-state index in [2.05, 4.69) is 56.4 Å². The van der Waals surface area contributed by atoms with Gasteiger partial charge in [-0.05, 0) is 34.7 Å². The van der Waals surface area contributed by atoms with E-state index in [9.17, 15) is 0 Å². The molecule has 2 aromatic rings. The highest BCUT2D eigenvalue weighted by atomic mass is 35.5. The van der Waals surface area contributed by atoms with Crippen molar-refractivity contribution in [2.24, 2.45) is 0 Å². The summed E-state index contributed by atoms with van der Waals surface area (Å²) in [6.45, 7) is 7.28. The van der Waals surface area contributed by atoms with Crippen molar-refractivity contribution in [1.82, 2.24) is 0 Å². The number of hydrogen-bond acceptors (Lipinski definition) is 2. The van der Waals surface area contributed by atoms with Gasteiger partial charge in [0.1, 0.15) is 0 Å². The molecule has 0 aliphatic carbocycles. The van der Waals surface area contributed by atoms with Crippen LogP contribution >= 0.6 is 11.6 Å². The summed E-state index contributed by atoms with van der Waals surface area (Å²) in [6.07, 6.45) is 0. The standard InChI is InChI=1S/C18H19ClN2/c1-18(2,3)15-7-4-13(5-8-15)12-21-17-10-14(11-20)6-9-16(17)19/h4-10,21H,12H2,1-3H3. The topological polar surface area (TPSA) is 35.8 Å². The van der Waals surface area contributed by atoms with E-state index in [4.69, 9.17) is 16.9 Å². The maximum absolute atomic E-state index is 8.92. The third kappa shape index (κ3) is 4.00. The molecule has 0 atom stereocenters. The molecule has 0 spiro atoms. The van der Waals surface area contributed by atoms with Crippen LogP contribution in [-0.4, -0.2) is 0 Å². The summed E-state index contributed by atoms with van der Waals surface area (Å²) in [6, 6.07) is 15.9. The lowest BCUT2D eigenvalue weighted by molar-refractivity contribution is 0.590. The number of nitrogens with one attached hydrogen (secondary N) is 1. The summed E-state index contributed by atoms with van der Waals surface area (Å²) < 4.78 is 0. The highest BCUT2D eigenvalue weighted by molar-refractivity contribution is 6.33. The first-order valence-electron chi connectivity index (χ1n) is 6.93. The quantitative estimate of drug-likeness (QED) is 0.853. The third-order valence-electron chi connectivity index (χ3n) is 3.40. The van der Waals surface area contributed by atoms with Crippen molar-refractivity contribution in [2.75, 3.05) is 5.32 Å². The minimum atomic E-state index is 0.163. The van der Waals surface area contributed by atoms with E-state index in [0.29, 0.717) is 17.1 Å². The molecule has 1 N–H and O–H groups in total. The van der Waals surface area contributed by atoms with E-state index in [1.807, 2.05) is 0 Å². The summed E-state index contributed by atoms with van der Waals surface area (Å²) in [7, 11) is 0. The van der Waals surface area contributed by atoms with E-state index >= 15 is 0 Å². The second-order valence-electron chi connectivity index (χ2n) is 6.11. The zero-order valence-corrected chi connectivity index (χ0v) is 13.3. The van der Waals surface area contributed by atoms with Crippen molar-refractivity contribution in [2.45, 2.75) is 32.7 Å². The molecule has 0 amide bonds. The zero-order chi connectivity index (χ0) is 15.5. The Kier molecular flexibility index (Phi) is 4.55. The molecule has 0 heterocycles. The van der Waals surface area contributed by atoms with Crippen LogP contribution in [0.1, 0.15) is 37.5 Å². The van der Waals surface area contributed by atoms with Crippen molar-refractivity contribution < 1.29 is 0 Å². The monoisotopic (exact) mass is 298 g/mol. The number of nitriles is 1. The number of rotatable bonds is 3. The summed E-state index contributed by atoms with van der Waals surface area (Å²) in [5.74, 6) is 0. The average Bonchev–Trinajstić information content (AvgIpc) is 2.46.